The first-order chi connectivity index (χ1) is 13.8. The van der Waals surface area contributed by atoms with E-state index < -0.39 is 17.8 Å². The average Bonchev–Trinajstić information content (AvgIpc) is 2.98. The normalized spacial score (nSPS) is 25.3. The summed E-state index contributed by atoms with van der Waals surface area (Å²) in [6.45, 7) is 4.04. The van der Waals surface area contributed by atoms with E-state index in [1.165, 1.54) is 13.2 Å². The molecule has 6 nitrogen and oxygen atoms in total. The van der Waals surface area contributed by atoms with Crippen LogP contribution in [0.1, 0.15) is 78.1 Å². The Hall–Kier alpha value is -1.24. The highest BCUT2D eigenvalue weighted by molar-refractivity contribution is 5.84. The van der Waals surface area contributed by atoms with Crippen LogP contribution in [0.25, 0.3) is 0 Å². The van der Waals surface area contributed by atoms with E-state index >= 15 is 0 Å². The Labute approximate surface area is 175 Å². The van der Waals surface area contributed by atoms with Crippen molar-refractivity contribution in [1.29, 1.82) is 0 Å². The fourth-order valence-corrected chi connectivity index (χ4v) is 4.25. The van der Waals surface area contributed by atoms with Gasteiger partial charge in [-0.2, -0.15) is 0 Å². The molecule has 0 amide bonds. The van der Waals surface area contributed by atoms with Crippen molar-refractivity contribution < 1.29 is 29.3 Å². The van der Waals surface area contributed by atoms with Crippen molar-refractivity contribution in [3.8, 4) is 0 Å². The Balaban J connectivity index is 2.52. The van der Waals surface area contributed by atoms with Crippen LogP contribution in [0.4, 0.5) is 0 Å². The van der Waals surface area contributed by atoms with Gasteiger partial charge in [-0.15, -0.1) is 0 Å². The van der Waals surface area contributed by atoms with Gasteiger partial charge in [-0.25, -0.2) is 4.79 Å². The number of rotatable bonds is 14. The van der Waals surface area contributed by atoms with Crippen LogP contribution in [0, 0.1) is 11.8 Å². The molecule has 0 spiro atoms. The van der Waals surface area contributed by atoms with E-state index in [1.54, 1.807) is 13.2 Å². The second-order valence-corrected chi connectivity index (χ2v) is 8.43. The van der Waals surface area contributed by atoms with Gasteiger partial charge < -0.3 is 19.7 Å². The molecule has 2 unspecified atom stereocenters. The highest BCUT2D eigenvalue weighted by Gasteiger charge is 2.42. The van der Waals surface area contributed by atoms with Crippen LogP contribution < -0.4 is 0 Å². The van der Waals surface area contributed by atoms with Gasteiger partial charge in [-0.05, 0) is 51.4 Å². The Morgan fingerprint density at radius 3 is 2.62 bits per heavy atom. The summed E-state index contributed by atoms with van der Waals surface area (Å²) in [5.41, 5.74) is -0.592. The molecule has 1 aliphatic rings. The third-order valence-corrected chi connectivity index (χ3v) is 6.40. The summed E-state index contributed by atoms with van der Waals surface area (Å²) in [5.74, 6) is -0.483. The van der Waals surface area contributed by atoms with Gasteiger partial charge in [-0.3, -0.25) is 4.79 Å². The molecule has 168 valence electrons. The number of methoxy groups -OCH3 is 2. The lowest BCUT2D eigenvalue weighted by atomic mass is 9.82. The van der Waals surface area contributed by atoms with Crippen LogP contribution in [0.15, 0.2) is 12.2 Å². The third-order valence-electron chi connectivity index (χ3n) is 6.40. The third kappa shape index (κ3) is 8.19. The summed E-state index contributed by atoms with van der Waals surface area (Å²) >= 11 is 0. The van der Waals surface area contributed by atoms with Crippen LogP contribution in [0.5, 0.6) is 0 Å². The largest absolute Gasteiger partial charge is 0.466 e. The number of esters is 1. The van der Waals surface area contributed by atoms with Gasteiger partial charge in [0.1, 0.15) is 5.78 Å². The fourth-order valence-electron chi connectivity index (χ4n) is 4.25. The van der Waals surface area contributed by atoms with E-state index in [1.807, 2.05) is 6.92 Å². The molecular formula is C23H40O6. The lowest BCUT2D eigenvalue weighted by Gasteiger charge is -2.34. The molecule has 6 heteroatoms. The second kappa shape index (κ2) is 13.1. The molecule has 0 radical (unpaired) electrons. The molecular weight excluding hydrogens is 372 g/mol. The topological polar surface area (TPSA) is 93.1 Å². The second-order valence-electron chi connectivity index (χ2n) is 8.43. The molecule has 2 N–H and O–H groups in total. The molecule has 5 atom stereocenters. The predicted molar refractivity (Wildman–Crippen MR) is 112 cm³/mol. The van der Waals surface area contributed by atoms with Gasteiger partial charge in [0.15, 0.2) is 0 Å². The van der Waals surface area contributed by atoms with Crippen LogP contribution in [0.3, 0.4) is 0 Å². The first-order valence-electron chi connectivity index (χ1n) is 11.0. The molecule has 0 heterocycles. The van der Waals surface area contributed by atoms with Crippen molar-refractivity contribution in [2.45, 2.75) is 95.9 Å². The van der Waals surface area contributed by atoms with Crippen molar-refractivity contribution in [2.24, 2.45) is 11.8 Å². The van der Waals surface area contributed by atoms with Crippen molar-refractivity contribution in [3.05, 3.63) is 12.2 Å². The molecule has 0 aromatic carbocycles. The lowest BCUT2D eigenvalue weighted by Crippen LogP contribution is -2.41. The summed E-state index contributed by atoms with van der Waals surface area (Å²) in [4.78, 5) is 23.4. The summed E-state index contributed by atoms with van der Waals surface area (Å²) in [5, 5.41) is 21.1. The highest BCUT2D eigenvalue weighted by Crippen LogP contribution is 2.37. The zero-order valence-electron chi connectivity index (χ0n) is 18.6. The van der Waals surface area contributed by atoms with E-state index in [0.717, 1.165) is 44.9 Å². The SMILES string of the molecule is CCCCC(C)(OC)C(O)CC[C@H]1[C@H](O)CC(=O)[C@@H]1CCCCC=CC(=O)OC. The maximum Gasteiger partial charge on any atom is 0.330 e. The van der Waals surface area contributed by atoms with E-state index in [4.69, 9.17) is 4.74 Å². The number of hydrogen-bond acceptors (Lipinski definition) is 6. The van der Waals surface area contributed by atoms with Gasteiger partial charge in [0, 0.05) is 25.5 Å². The summed E-state index contributed by atoms with van der Waals surface area (Å²) in [6.07, 6.45) is 9.35. The van der Waals surface area contributed by atoms with Gasteiger partial charge in [0.2, 0.25) is 0 Å². The molecule has 1 aliphatic carbocycles. The molecule has 1 saturated carbocycles. The molecule has 0 bridgehead atoms. The maximum absolute atomic E-state index is 12.4. The lowest BCUT2D eigenvalue weighted by molar-refractivity contribution is -0.134. The Kier molecular flexibility index (Phi) is 11.7. The number of carbonyl (C=O) groups excluding carboxylic acids is 2. The van der Waals surface area contributed by atoms with Crippen LogP contribution in [-0.2, 0) is 19.1 Å². The van der Waals surface area contributed by atoms with E-state index in [0.29, 0.717) is 12.8 Å². The van der Waals surface area contributed by atoms with Crippen molar-refractivity contribution in [1.82, 2.24) is 0 Å². The maximum atomic E-state index is 12.4. The van der Waals surface area contributed by atoms with Gasteiger partial charge >= 0.3 is 5.97 Å². The van der Waals surface area contributed by atoms with Crippen LogP contribution in [-0.4, -0.2) is 54.0 Å². The van der Waals surface area contributed by atoms with Crippen molar-refractivity contribution in [2.75, 3.05) is 14.2 Å². The number of allylic oxidation sites excluding steroid dienone is 1. The average molecular weight is 413 g/mol. The molecule has 0 saturated heterocycles. The van der Waals surface area contributed by atoms with E-state index in [2.05, 4.69) is 11.7 Å². The first-order valence-corrected chi connectivity index (χ1v) is 11.0. The fraction of sp³-hybridized carbons (Fsp3) is 0.826. The number of aliphatic hydroxyl groups excluding tert-OH is 2. The standard InChI is InChI=1S/C23H40O6/c1-5-6-15-23(2,29-4)21(26)14-13-18-17(19(24)16-20(18)25)11-9-7-8-10-12-22(27)28-3/h10,12,17-18,20-21,25-26H,5-9,11,13-16H2,1-4H3/t17-,18-,20-,21?,23?/m1/s1. The van der Waals surface area contributed by atoms with Crippen molar-refractivity contribution in [3.63, 3.8) is 0 Å². The van der Waals surface area contributed by atoms with Crippen molar-refractivity contribution >= 4 is 11.8 Å². The number of carbonyl (C=O) groups is 2. The number of aliphatic hydroxyl groups is 2. The molecule has 0 aliphatic heterocycles. The minimum Gasteiger partial charge on any atom is -0.466 e. The zero-order chi connectivity index (χ0) is 21.9. The monoisotopic (exact) mass is 412 g/mol. The summed E-state index contributed by atoms with van der Waals surface area (Å²) < 4.78 is 10.2. The van der Waals surface area contributed by atoms with Crippen LogP contribution >= 0.6 is 0 Å². The smallest absolute Gasteiger partial charge is 0.330 e. The van der Waals surface area contributed by atoms with E-state index in [-0.39, 0.29) is 30.0 Å². The molecule has 0 aromatic heterocycles. The number of hydrogen-bond donors (Lipinski definition) is 2. The Morgan fingerprint density at radius 1 is 1.28 bits per heavy atom. The highest BCUT2D eigenvalue weighted by atomic mass is 16.5. The zero-order valence-corrected chi connectivity index (χ0v) is 18.6. The van der Waals surface area contributed by atoms with Gasteiger partial charge in [-0.1, -0.05) is 32.3 Å². The molecule has 1 rings (SSSR count). The predicted octanol–water partition coefficient (Wildman–Crippen LogP) is 3.58. The Bertz CT molecular complexity index is 531. The summed E-state index contributed by atoms with van der Waals surface area (Å²) in [7, 11) is 2.98. The summed E-state index contributed by atoms with van der Waals surface area (Å²) in [6, 6.07) is 0. The molecule has 29 heavy (non-hydrogen) atoms. The van der Waals surface area contributed by atoms with Gasteiger partial charge in [0.25, 0.3) is 0 Å². The number of Topliss-reactive ketones (excluding diaryl/α,β-unsaturated/α-hetero) is 1. The van der Waals surface area contributed by atoms with Gasteiger partial charge in [0.05, 0.1) is 24.9 Å². The number of ether oxygens (including phenoxy) is 2. The quantitative estimate of drug-likeness (QED) is 0.257. The first kappa shape index (κ1) is 25.8. The molecule has 0 aromatic rings. The minimum absolute atomic E-state index is 0.102. The number of unbranched alkanes of at least 4 members (excludes halogenated alkanes) is 3. The number of ketones is 1. The Morgan fingerprint density at radius 2 is 2.00 bits per heavy atom. The van der Waals surface area contributed by atoms with E-state index in [9.17, 15) is 19.8 Å². The molecule has 1 fully saturated rings. The minimum atomic E-state index is -0.622. The van der Waals surface area contributed by atoms with Crippen LogP contribution in [0.2, 0.25) is 0 Å².